The molecular formula is C8H14N4O3S. The Morgan fingerprint density at radius 3 is 2.62 bits per heavy atom. The smallest absolute Gasteiger partial charge is 0.282 e. The molecule has 1 aromatic rings. The highest BCUT2D eigenvalue weighted by Gasteiger charge is 2.38. The molecule has 0 aromatic carbocycles. The summed E-state index contributed by atoms with van der Waals surface area (Å²) in [5, 5.41) is 10.7. The molecule has 0 aliphatic heterocycles. The highest BCUT2D eigenvalue weighted by Crippen LogP contribution is 2.37. The van der Waals surface area contributed by atoms with E-state index in [1.54, 1.807) is 7.11 Å². The summed E-state index contributed by atoms with van der Waals surface area (Å²) in [6, 6.07) is 0. The molecule has 1 aromatic heterocycles. The Morgan fingerprint density at radius 2 is 2.25 bits per heavy atom. The Hall–Kier alpha value is -0.990. The van der Waals surface area contributed by atoms with E-state index in [2.05, 4.69) is 15.2 Å². The Bertz CT molecular complexity index is 472. The van der Waals surface area contributed by atoms with Gasteiger partial charge in [-0.15, -0.1) is 5.10 Å². The lowest BCUT2D eigenvalue weighted by Crippen LogP contribution is -2.41. The van der Waals surface area contributed by atoms with Gasteiger partial charge in [0.05, 0.1) is 5.60 Å². The van der Waals surface area contributed by atoms with Gasteiger partial charge in [0.2, 0.25) is 0 Å². The van der Waals surface area contributed by atoms with Gasteiger partial charge in [-0.3, -0.25) is 5.10 Å². The number of nitrogens with one attached hydrogen (secondary N) is 1. The molecule has 0 saturated heterocycles. The number of primary sulfonamides is 1. The fraction of sp³-hybridized carbons (Fsp3) is 0.750. The summed E-state index contributed by atoms with van der Waals surface area (Å²) in [5.74, 6) is 0.491. The Balaban J connectivity index is 2.14. The van der Waals surface area contributed by atoms with Crippen molar-refractivity contribution in [1.82, 2.24) is 15.2 Å². The fourth-order valence-corrected chi connectivity index (χ4v) is 2.22. The van der Waals surface area contributed by atoms with Crippen molar-refractivity contribution in [3.63, 3.8) is 0 Å². The number of hydrogen-bond donors (Lipinski definition) is 2. The lowest BCUT2D eigenvalue weighted by Gasteiger charge is -2.39. The summed E-state index contributed by atoms with van der Waals surface area (Å²) in [7, 11) is -2.18. The lowest BCUT2D eigenvalue weighted by molar-refractivity contribution is -0.0721. The topological polar surface area (TPSA) is 111 Å². The van der Waals surface area contributed by atoms with Crippen molar-refractivity contribution in [3.05, 3.63) is 5.82 Å². The van der Waals surface area contributed by atoms with E-state index in [-0.39, 0.29) is 10.8 Å². The van der Waals surface area contributed by atoms with Crippen LogP contribution in [-0.2, 0) is 21.2 Å². The molecule has 0 unspecified atom stereocenters. The molecule has 0 atom stereocenters. The maximum Gasteiger partial charge on any atom is 0.282 e. The molecule has 1 aliphatic rings. The third kappa shape index (κ3) is 2.08. The average molecular weight is 246 g/mol. The van der Waals surface area contributed by atoms with E-state index < -0.39 is 10.0 Å². The summed E-state index contributed by atoms with van der Waals surface area (Å²) in [6.45, 7) is 0. The lowest BCUT2D eigenvalue weighted by atomic mass is 9.77. The second-order valence-corrected chi connectivity index (χ2v) is 5.48. The molecule has 1 fully saturated rings. The second-order valence-electron chi connectivity index (χ2n) is 4.03. The van der Waals surface area contributed by atoms with Crippen LogP contribution in [0.2, 0.25) is 0 Å². The Kier molecular flexibility index (Phi) is 2.72. The van der Waals surface area contributed by atoms with Crippen LogP contribution >= 0.6 is 0 Å². The normalized spacial score (nSPS) is 19.4. The predicted molar refractivity (Wildman–Crippen MR) is 55.1 cm³/mol. The number of ether oxygens (including phenoxy) is 1. The van der Waals surface area contributed by atoms with Crippen LogP contribution in [0.25, 0.3) is 0 Å². The molecule has 0 bridgehead atoms. The molecule has 1 aliphatic carbocycles. The highest BCUT2D eigenvalue weighted by atomic mass is 32.2. The van der Waals surface area contributed by atoms with E-state index in [9.17, 15) is 8.42 Å². The molecule has 1 saturated carbocycles. The standard InChI is InChI=1S/C8H14N4O3S/c1-15-8(3-2-4-8)5-6-10-7(12-11-6)16(9,13)14/h2-5H2,1H3,(H2,9,13,14)(H,10,11,12). The van der Waals surface area contributed by atoms with Gasteiger partial charge >= 0.3 is 0 Å². The number of hydrogen-bond acceptors (Lipinski definition) is 5. The zero-order valence-electron chi connectivity index (χ0n) is 8.93. The van der Waals surface area contributed by atoms with Gasteiger partial charge in [0.25, 0.3) is 15.2 Å². The second kappa shape index (κ2) is 3.79. The van der Waals surface area contributed by atoms with Gasteiger partial charge in [-0.1, -0.05) is 0 Å². The van der Waals surface area contributed by atoms with E-state index in [0.29, 0.717) is 12.2 Å². The van der Waals surface area contributed by atoms with Crippen LogP contribution in [0.15, 0.2) is 5.16 Å². The molecule has 0 radical (unpaired) electrons. The number of aromatic amines is 1. The van der Waals surface area contributed by atoms with Crippen molar-refractivity contribution < 1.29 is 13.2 Å². The fourth-order valence-electron chi connectivity index (χ4n) is 1.81. The first-order valence-corrected chi connectivity index (χ1v) is 6.49. The van der Waals surface area contributed by atoms with Gasteiger partial charge in [-0.05, 0) is 19.3 Å². The van der Waals surface area contributed by atoms with Crippen molar-refractivity contribution in [2.45, 2.75) is 36.4 Å². The third-order valence-corrected chi connectivity index (χ3v) is 3.64. The van der Waals surface area contributed by atoms with Gasteiger partial charge in [0, 0.05) is 13.5 Å². The van der Waals surface area contributed by atoms with Gasteiger partial charge in [-0.2, -0.15) is 0 Å². The van der Waals surface area contributed by atoms with E-state index in [1.807, 2.05) is 0 Å². The van der Waals surface area contributed by atoms with Gasteiger partial charge in [0.1, 0.15) is 5.82 Å². The maximum absolute atomic E-state index is 11.0. The molecule has 0 amide bonds. The van der Waals surface area contributed by atoms with Crippen molar-refractivity contribution in [2.24, 2.45) is 5.14 Å². The monoisotopic (exact) mass is 246 g/mol. The van der Waals surface area contributed by atoms with Gasteiger partial charge in [-0.25, -0.2) is 18.5 Å². The van der Waals surface area contributed by atoms with E-state index in [4.69, 9.17) is 9.88 Å². The first-order chi connectivity index (χ1) is 7.45. The molecule has 3 N–H and O–H groups in total. The van der Waals surface area contributed by atoms with Gasteiger partial charge < -0.3 is 4.74 Å². The zero-order chi connectivity index (χ0) is 11.8. The average Bonchev–Trinajstić information content (AvgIpc) is 2.58. The van der Waals surface area contributed by atoms with E-state index in [0.717, 1.165) is 19.3 Å². The number of methoxy groups -OCH3 is 1. The molecule has 2 rings (SSSR count). The van der Waals surface area contributed by atoms with Crippen LogP contribution in [0.4, 0.5) is 0 Å². The largest absolute Gasteiger partial charge is 0.378 e. The van der Waals surface area contributed by atoms with Crippen molar-refractivity contribution in [1.29, 1.82) is 0 Å². The van der Waals surface area contributed by atoms with Crippen LogP contribution in [0.1, 0.15) is 25.1 Å². The van der Waals surface area contributed by atoms with Crippen molar-refractivity contribution in [2.75, 3.05) is 7.11 Å². The number of aromatic nitrogens is 3. The SMILES string of the molecule is COC1(Cc2nc(S(N)(=O)=O)n[nH]2)CCC1. The molecule has 7 nitrogen and oxygen atoms in total. The van der Waals surface area contributed by atoms with E-state index >= 15 is 0 Å². The van der Waals surface area contributed by atoms with Crippen LogP contribution in [-0.4, -0.2) is 36.3 Å². The number of nitrogens with zero attached hydrogens (tertiary/aromatic N) is 2. The van der Waals surface area contributed by atoms with Crippen molar-refractivity contribution >= 4 is 10.0 Å². The maximum atomic E-state index is 11.0. The molecular weight excluding hydrogens is 232 g/mol. The summed E-state index contributed by atoms with van der Waals surface area (Å²) >= 11 is 0. The summed E-state index contributed by atoms with van der Waals surface area (Å²) in [4.78, 5) is 3.84. The molecule has 16 heavy (non-hydrogen) atoms. The Labute approximate surface area is 93.4 Å². The van der Waals surface area contributed by atoms with E-state index in [1.165, 1.54) is 0 Å². The number of nitrogens with two attached hydrogens (primary N) is 1. The first kappa shape index (κ1) is 11.5. The van der Waals surface area contributed by atoms with Crippen LogP contribution < -0.4 is 5.14 Å². The molecule has 0 spiro atoms. The third-order valence-electron chi connectivity index (χ3n) is 2.95. The summed E-state index contributed by atoms with van der Waals surface area (Å²) < 4.78 is 27.3. The number of rotatable bonds is 4. The number of H-pyrrole nitrogens is 1. The minimum Gasteiger partial charge on any atom is -0.378 e. The van der Waals surface area contributed by atoms with Crippen LogP contribution in [0.3, 0.4) is 0 Å². The minimum atomic E-state index is -3.83. The Morgan fingerprint density at radius 1 is 1.56 bits per heavy atom. The van der Waals surface area contributed by atoms with Crippen LogP contribution in [0.5, 0.6) is 0 Å². The van der Waals surface area contributed by atoms with Crippen LogP contribution in [0, 0.1) is 0 Å². The highest BCUT2D eigenvalue weighted by molar-refractivity contribution is 7.89. The summed E-state index contributed by atoms with van der Waals surface area (Å²) in [6.07, 6.45) is 3.56. The molecule has 1 heterocycles. The number of sulfonamides is 1. The minimum absolute atomic E-state index is 0.213. The van der Waals surface area contributed by atoms with Gasteiger partial charge in [0.15, 0.2) is 0 Å². The first-order valence-electron chi connectivity index (χ1n) is 4.94. The van der Waals surface area contributed by atoms with Crippen molar-refractivity contribution in [3.8, 4) is 0 Å². The molecule has 8 heteroatoms. The zero-order valence-corrected chi connectivity index (χ0v) is 9.75. The predicted octanol–water partition coefficient (Wildman–Crippen LogP) is -0.436. The quantitative estimate of drug-likeness (QED) is 0.748. The summed E-state index contributed by atoms with van der Waals surface area (Å²) in [5.41, 5.74) is -0.213. The molecule has 90 valence electrons.